The van der Waals surface area contributed by atoms with Crippen LogP contribution < -0.4 is 16.0 Å². The first kappa shape index (κ1) is 22.6. The summed E-state index contributed by atoms with van der Waals surface area (Å²) in [6.07, 6.45) is 2.01. The van der Waals surface area contributed by atoms with E-state index in [2.05, 4.69) is 28.1 Å². The van der Waals surface area contributed by atoms with Gasteiger partial charge in [0.15, 0.2) is 0 Å². The summed E-state index contributed by atoms with van der Waals surface area (Å²) in [4.78, 5) is 13.0. The third-order valence-corrected chi connectivity index (χ3v) is 6.60. The number of rotatable bonds is 5. The third kappa shape index (κ3) is 5.26. The quantitative estimate of drug-likeness (QED) is 0.525. The number of nitrogens with one attached hydrogen (secondary N) is 3. The summed E-state index contributed by atoms with van der Waals surface area (Å²) in [5.41, 5.74) is 1.69. The van der Waals surface area contributed by atoms with Gasteiger partial charge in [0.1, 0.15) is 0 Å². The van der Waals surface area contributed by atoms with Gasteiger partial charge < -0.3 is 16.0 Å². The van der Waals surface area contributed by atoms with Gasteiger partial charge in [-0.3, -0.25) is 4.79 Å². The highest BCUT2D eigenvalue weighted by molar-refractivity contribution is 5.93. The van der Waals surface area contributed by atoms with Crippen LogP contribution in [0.25, 0.3) is 0 Å². The molecule has 32 heavy (non-hydrogen) atoms. The average Bonchev–Trinajstić information content (AvgIpc) is 3.28. The number of benzene rings is 2. The summed E-state index contributed by atoms with van der Waals surface area (Å²) in [5.74, 6) is -0.611. The van der Waals surface area contributed by atoms with E-state index in [4.69, 9.17) is 0 Å². The fourth-order valence-electron chi connectivity index (χ4n) is 4.85. The standard InChI is InChI=1S/C25H30F3N3O/c1-16-8-11-20(15-22(16)25(26,27)28)31-24(32)21-7-4-14-29-23(21)17-9-12-19(13-10-17)30-18-5-2-3-6-18/h8-13,15,18,21,23,29-30H,2-7,14H2,1H3,(H,31,32)/t21-,23-/m0/s1. The molecule has 0 radical (unpaired) electrons. The minimum atomic E-state index is -4.45. The van der Waals surface area contributed by atoms with E-state index in [0.29, 0.717) is 12.5 Å². The number of carbonyl (C=O) groups is 1. The molecule has 3 N–H and O–H groups in total. The summed E-state index contributed by atoms with van der Waals surface area (Å²) in [6, 6.07) is 12.5. The molecule has 1 aliphatic heterocycles. The Kier molecular flexibility index (Phi) is 6.74. The van der Waals surface area contributed by atoms with Crippen molar-refractivity contribution in [2.45, 2.75) is 63.7 Å². The number of carbonyl (C=O) groups excluding carboxylic acids is 1. The average molecular weight is 446 g/mol. The molecule has 1 heterocycles. The Hall–Kier alpha value is -2.54. The topological polar surface area (TPSA) is 53.2 Å². The second-order valence-electron chi connectivity index (χ2n) is 8.94. The van der Waals surface area contributed by atoms with Gasteiger partial charge >= 0.3 is 6.18 Å². The summed E-state index contributed by atoms with van der Waals surface area (Å²) >= 11 is 0. The Balaban J connectivity index is 1.46. The monoisotopic (exact) mass is 445 g/mol. The van der Waals surface area contributed by atoms with Crippen molar-refractivity contribution in [1.29, 1.82) is 0 Å². The van der Waals surface area contributed by atoms with E-state index in [1.807, 2.05) is 12.1 Å². The second-order valence-corrected chi connectivity index (χ2v) is 8.94. The van der Waals surface area contributed by atoms with Gasteiger partial charge in [-0.15, -0.1) is 0 Å². The zero-order valence-electron chi connectivity index (χ0n) is 18.3. The van der Waals surface area contributed by atoms with Gasteiger partial charge in [0, 0.05) is 23.5 Å². The highest BCUT2D eigenvalue weighted by atomic mass is 19.4. The molecule has 0 aromatic heterocycles. The number of amides is 1. The fraction of sp³-hybridized carbons (Fsp3) is 0.480. The molecule has 1 saturated carbocycles. The first-order valence-electron chi connectivity index (χ1n) is 11.4. The van der Waals surface area contributed by atoms with Gasteiger partial charge in [0.2, 0.25) is 5.91 Å². The van der Waals surface area contributed by atoms with Crippen LogP contribution in [0.5, 0.6) is 0 Å². The fourth-order valence-corrected chi connectivity index (χ4v) is 4.85. The number of anilines is 2. The largest absolute Gasteiger partial charge is 0.416 e. The van der Waals surface area contributed by atoms with E-state index in [0.717, 1.165) is 30.3 Å². The Labute approximate surface area is 187 Å². The van der Waals surface area contributed by atoms with Crippen molar-refractivity contribution in [3.8, 4) is 0 Å². The smallest absolute Gasteiger partial charge is 0.382 e. The van der Waals surface area contributed by atoms with Crippen LogP contribution in [0.2, 0.25) is 0 Å². The van der Waals surface area contributed by atoms with E-state index < -0.39 is 11.7 Å². The number of aryl methyl sites for hydroxylation is 1. The van der Waals surface area contributed by atoms with Crippen LogP contribution in [0.1, 0.15) is 61.3 Å². The Morgan fingerprint density at radius 1 is 0.969 bits per heavy atom. The minimum Gasteiger partial charge on any atom is -0.382 e. The molecule has 2 fully saturated rings. The van der Waals surface area contributed by atoms with Gasteiger partial charge in [-0.1, -0.05) is 31.0 Å². The third-order valence-electron chi connectivity index (χ3n) is 6.60. The van der Waals surface area contributed by atoms with Crippen LogP contribution in [-0.2, 0) is 11.0 Å². The first-order valence-corrected chi connectivity index (χ1v) is 11.4. The number of hydrogen-bond donors (Lipinski definition) is 3. The SMILES string of the molecule is Cc1ccc(NC(=O)[C@H]2CCCN[C@H]2c2ccc(NC3CCCC3)cc2)cc1C(F)(F)F. The molecule has 2 aromatic carbocycles. The predicted molar refractivity (Wildman–Crippen MR) is 121 cm³/mol. The molecule has 4 nitrogen and oxygen atoms in total. The lowest BCUT2D eigenvalue weighted by molar-refractivity contribution is -0.138. The molecular weight excluding hydrogens is 415 g/mol. The van der Waals surface area contributed by atoms with Crippen molar-refractivity contribution in [2.24, 2.45) is 5.92 Å². The molecule has 1 amide bonds. The molecule has 2 aromatic rings. The van der Waals surface area contributed by atoms with Crippen LogP contribution in [0.15, 0.2) is 42.5 Å². The molecule has 0 unspecified atom stereocenters. The Morgan fingerprint density at radius 2 is 1.66 bits per heavy atom. The Bertz CT molecular complexity index is 936. The molecule has 4 rings (SSSR count). The van der Waals surface area contributed by atoms with E-state index in [1.165, 1.54) is 44.7 Å². The number of halogens is 3. The molecule has 172 valence electrons. The zero-order valence-corrected chi connectivity index (χ0v) is 18.3. The number of alkyl halides is 3. The molecule has 0 spiro atoms. The number of hydrogen-bond acceptors (Lipinski definition) is 3. The van der Waals surface area contributed by atoms with Crippen molar-refractivity contribution in [3.63, 3.8) is 0 Å². The van der Waals surface area contributed by atoms with Crippen molar-refractivity contribution in [1.82, 2.24) is 5.32 Å². The predicted octanol–water partition coefficient (Wildman–Crippen LogP) is 6.05. The van der Waals surface area contributed by atoms with Crippen molar-refractivity contribution < 1.29 is 18.0 Å². The van der Waals surface area contributed by atoms with Crippen molar-refractivity contribution in [2.75, 3.05) is 17.2 Å². The van der Waals surface area contributed by atoms with Crippen molar-refractivity contribution in [3.05, 3.63) is 59.2 Å². The first-order chi connectivity index (χ1) is 15.3. The maximum atomic E-state index is 13.2. The summed E-state index contributed by atoms with van der Waals surface area (Å²) in [7, 11) is 0. The molecule has 1 saturated heterocycles. The van der Waals surface area contributed by atoms with E-state index >= 15 is 0 Å². The Morgan fingerprint density at radius 3 is 2.34 bits per heavy atom. The van der Waals surface area contributed by atoms with Crippen LogP contribution in [0.4, 0.5) is 24.5 Å². The second kappa shape index (κ2) is 9.53. The highest BCUT2D eigenvalue weighted by Crippen LogP contribution is 2.35. The summed E-state index contributed by atoms with van der Waals surface area (Å²) in [6.45, 7) is 2.22. The van der Waals surface area contributed by atoms with E-state index in [1.54, 1.807) is 0 Å². The zero-order chi connectivity index (χ0) is 22.7. The maximum Gasteiger partial charge on any atom is 0.416 e. The lowest BCUT2D eigenvalue weighted by atomic mass is 9.85. The lowest BCUT2D eigenvalue weighted by Gasteiger charge is -2.32. The maximum absolute atomic E-state index is 13.2. The van der Waals surface area contributed by atoms with Gasteiger partial charge in [-0.05, 0) is 74.5 Å². The molecule has 1 aliphatic carbocycles. The summed E-state index contributed by atoms with van der Waals surface area (Å²) in [5, 5.41) is 9.72. The van der Waals surface area contributed by atoms with Gasteiger partial charge in [0.05, 0.1) is 11.5 Å². The van der Waals surface area contributed by atoms with Gasteiger partial charge in [-0.2, -0.15) is 13.2 Å². The molecule has 2 atom stereocenters. The van der Waals surface area contributed by atoms with Crippen LogP contribution >= 0.6 is 0 Å². The lowest BCUT2D eigenvalue weighted by Crippen LogP contribution is -2.40. The molecular formula is C25H30F3N3O. The van der Waals surface area contributed by atoms with Crippen LogP contribution in [0, 0.1) is 12.8 Å². The van der Waals surface area contributed by atoms with Gasteiger partial charge in [-0.25, -0.2) is 0 Å². The summed E-state index contributed by atoms with van der Waals surface area (Å²) < 4.78 is 39.7. The van der Waals surface area contributed by atoms with E-state index in [-0.39, 0.29) is 29.1 Å². The van der Waals surface area contributed by atoms with Crippen LogP contribution in [-0.4, -0.2) is 18.5 Å². The highest BCUT2D eigenvalue weighted by Gasteiger charge is 2.34. The van der Waals surface area contributed by atoms with Crippen molar-refractivity contribution >= 4 is 17.3 Å². The molecule has 7 heteroatoms. The minimum absolute atomic E-state index is 0.138. The molecule has 0 bridgehead atoms. The van der Waals surface area contributed by atoms with E-state index in [9.17, 15) is 18.0 Å². The normalized spacial score (nSPS) is 22.0. The van der Waals surface area contributed by atoms with Crippen LogP contribution in [0.3, 0.4) is 0 Å². The van der Waals surface area contributed by atoms with Gasteiger partial charge in [0.25, 0.3) is 0 Å². The number of piperidine rings is 1. The molecule has 2 aliphatic rings.